The summed E-state index contributed by atoms with van der Waals surface area (Å²) in [5.74, 6) is 0.0439. The van der Waals surface area contributed by atoms with Gasteiger partial charge in [0.15, 0.2) is 0 Å². The van der Waals surface area contributed by atoms with Gasteiger partial charge in [-0.2, -0.15) is 0 Å². The van der Waals surface area contributed by atoms with Crippen LogP contribution in [0.25, 0.3) is 0 Å². The van der Waals surface area contributed by atoms with E-state index in [4.69, 9.17) is 11.6 Å². The largest absolute Gasteiger partial charge is 0.342 e. The molecule has 25 heavy (non-hydrogen) atoms. The third kappa shape index (κ3) is 3.76. The first-order chi connectivity index (χ1) is 12.0. The van der Waals surface area contributed by atoms with Crippen molar-refractivity contribution in [2.24, 2.45) is 0 Å². The van der Waals surface area contributed by atoms with Crippen LogP contribution in [0.4, 0.5) is 4.79 Å². The van der Waals surface area contributed by atoms with Crippen LogP contribution in [-0.2, 0) is 10.3 Å². The Labute approximate surface area is 154 Å². The number of carbonyl (C=O) groups is 2. The van der Waals surface area contributed by atoms with Gasteiger partial charge in [-0.25, -0.2) is 4.79 Å². The van der Waals surface area contributed by atoms with E-state index in [1.54, 1.807) is 9.80 Å². The molecule has 0 radical (unpaired) electrons. The van der Waals surface area contributed by atoms with E-state index in [2.05, 4.69) is 12.2 Å². The molecule has 1 aromatic rings. The second kappa shape index (κ2) is 7.24. The van der Waals surface area contributed by atoms with Crippen LogP contribution >= 0.6 is 11.6 Å². The Balaban J connectivity index is 1.74. The number of unbranched alkanes of at least 4 members (excludes halogenated alkanes) is 1. The molecule has 6 heteroatoms. The molecule has 136 valence electrons. The standard InChI is InChI=1S/C19H26ClN3O2/c1-3-4-8-16-17(24)22(2)11-12-23(16)18(25)21-19(9-10-19)14-6-5-7-15(20)13-14/h5-7,13,16H,3-4,8-12H2,1-2H3,(H,21,25). The van der Waals surface area contributed by atoms with Gasteiger partial charge < -0.3 is 15.1 Å². The molecule has 0 spiro atoms. The summed E-state index contributed by atoms with van der Waals surface area (Å²) in [5, 5.41) is 3.85. The maximum Gasteiger partial charge on any atom is 0.318 e. The summed E-state index contributed by atoms with van der Waals surface area (Å²) in [6, 6.07) is 7.17. The molecular weight excluding hydrogens is 338 g/mol. The minimum atomic E-state index is -0.353. The number of likely N-dealkylation sites (N-methyl/N-ethyl adjacent to an activating group) is 1. The van der Waals surface area contributed by atoms with Crippen molar-refractivity contribution in [1.29, 1.82) is 0 Å². The van der Waals surface area contributed by atoms with Crippen LogP contribution in [0.2, 0.25) is 5.02 Å². The molecule has 0 bridgehead atoms. The molecule has 1 atom stereocenters. The first kappa shape index (κ1) is 18.1. The zero-order chi connectivity index (χ0) is 18.0. The monoisotopic (exact) mass is 363 g/mol. The minimum absolute atomic E-state index is 0.0439. The average molecular weight is 364 g/mol. The van der Waals surface area contributed by atoms with Crippen molar-refractivity contribution in [3.05, 3.63) is 34.9 Å². The molecule has 1 heterocycles. The third-order valence-corrected chi connectivity index (χ3v) is 5.51. The molecule has 5 nitrogen and oxygen atoms in total. The summed E-state index contributed by atoms with van der Waals surface area (Å²) in [7, 11) is 1.81. The fourth-order valence-electron chi connectivity index (χ4n) is 3.50. The van der Waals surface area contributed by atoms with Crippen LogP contribution in [0, 0.1) is 0 Å². The summed E-state index contributed by atoms with van der Waals surface area (Å²) < 4.78 is 0. The summed E-state index contributed by atoms with van der Waals surface area (Å²) in [4.78, 5) is 28.9. The van der Waals surface area contributed by atoms with E-state index in [1.807, 2.05) is 31.3 Å². The first-order valence-corrected chi connectivity index (χ1v) is 9.44. The highest BCUT2D eigenvalue weighted by atomic mass is 35.5. The maximum absolute atomic E-state index is 12.9. The normalized spacial score (nSPS) is 22.0. The average Bonchev–Trinajstić information content (AvgIpc) is 3.37. The van der Waals surface area contributed by atoms with Gasteiger partial charge >= 0.3 is 6.03 Å². The van der Waals surface area contributed by atoms with Crippen molar-refractivity contribution in [1.82, 2.24) is 15.1 Å². The van der Waals surface area contributed by atoms with E-state index >= 15 is 0 Å². The number of nitrogens with one attached hydrogen (secondary N) is 1. The highest BCUT2D eigenvalue weighted by Crippen LogP contribution is 2.46. The molecule has 3 amide bonds. The molecule has 2 aliphatic rings. The number of rotatable bonds is 5. The van der Waals surface area contributed by atoms with Gasteiger partial charge in [-0.15, -0.1) is 0 Å². The molecule has 2 fully saturated rings. The van der Waals surface area contributed by atoms with Crippen molar-refractivity contribution in [3.63, 3.8) is 0 Å². The number of hydrogen-bond acceptors (Lipinski definition) is 2. The summed E-state index contributed by atoms with van der Waals surface area (Å²) in [6.45, 7) is 3.26. The van der Waals surface area contributed by atoms with Crippen LogP contribution in [0.3, 0.4) is 0 Å². The van der Waals surface area contributed by atoms with Crippen molar-refractivity contribution in [2.45, 2.75) is 50.6 Å². The van der Waals surface area contributed by atoms with Crippen molar-refractivity contribution in [2.75, 3.05) is 20.1 Å². The van der Waals surface area contributed by atoms with Crippen LogP contribution in [-0.4, -0.2) is 47.9 Å². The lowest BCUT2D eigenvalue weighted by atomic mass is 10.0. The summed E-state index contributed by atoms with van der Waals surface area (Å²) in [5.41, 5.74) is 0.711. The third-order valence-electron chi connectivity index (χ3n) is 5.28. The van der Waals surface area contributed by atoms with Gasteiger partial charge in [0, 0.05) is 25.2 Å². The molecule has 1 saturated heterocycles. The fraction of sp³-hybridized carbons (Fsp3) is 0.579. The highest BCUT2D eigenvalue weighted by Gasteiger charge is 2.47. The highest BCUT2D eigenvalue weighted by molar-refractivity contribution is 6.30. The SMILES string of the molecule is CCCCC1C(=O)N(C)CCN1C(=O)NC1(c2cccc(Cl)c2)CC1. The Morgan fingerprint density at radius 2 is 2.12 bits per heavy atom. The number of piperazine rings is 1. The minimum Gasteiger partial charge on any atom is -0.342 e. The summed E-state index contributed by atoms with van der Waals surface area (Å²) >= 11 is 6.11. The smallest absolute Gasteiger partial charge is 0.318 e. The number of carbonyl (C=O) groups excluding carboxylic acids is 2. The van der Waals surface area contributed by atoms with E-state index in [1.165, 1.54) is 0 Å². The number of urea groups is 1. The Kier molecular flexibility index (Phi) is 5.23. The molecule has 1 N–H and O–H groups in total. The number of nitrogens with zero attached hydrogens (tertiary/aromatic N) is 2. The van der Waals surface area contributed by atoms with Gasteiger partial charge in [-0.3, -0.25) is 4.79 Å². The Morgan fingerprint density at radius 1 is 1.36 bits per heavy atom. The molecule has 1 aliphatic heterocycles. The Morgan fingerprint density at radius 3 is 2.76 bits per heavy atom. The van der Waals surface area contributed by atoms with Crippen LogP contribution in [0.1, 0.15) is 44.6 Å². The van der Waals surface area contributed by atoms with E-state index < -0.39 is 0 Å². The van der Waals surface area contributed by atoms with E-state index in [0.717, 1.165) is 37.7 Å². The van der Waals surface area contributed by atoms with Gasteiger partial charge in [0.2, 0.25) is 5.91 Å². The lowest BCUT2D eigenvalue weighted by Gasteiger charge is -2.40. The van der Waals surface area contributed by atoms with Crippen LogP contribution < -0.4 is 5.32 Å². The van der Waals surface area contributed by atoms with Crippen molar-refractivity contribution >= 4 is 23.5 Å². The topological polar surface area (TPSA) is 52.7 Å². The van der Waals surface area contributed by atoms with Crippen molar-refractivity contribution in [3.8, 4) is 0 Å². The molecule has 1 aromatic carbocycles. The molecule has 1 saturated carbocycles. The lowest BCUT2D eigenvalue weighted by Crippen LogP contribution is -2.60. The number of halogens is 1. The molecule has 1 aliphatic carbocycles. The van der Waals surface area contributed by atoms with E-state index in [-0.39, 0.29) is 23.5 Å². The number of hydrogen-bond donors (Lipinski definition) is 1. The second-order valence-corrected chi connectivity index (χ2v) is 7.57. The van der Waals surface area contributed by atoms with Crippen molar-refractivity contribution < 1.29 is 9.59 Å². The molecule has 0 aromatic heterocycles. The van der Waals surface area contributed by atoms with Crippen LogP contribution in [0.5, 0.6) is 0 Å². The number of amides is 3. The molecular formula is C19H26ClN3O2. The zero-order valence-electron chi connectivity index (χ0n) is 14.9. The zero-order valence-corrected chi connectivity index (χ0v) is 15.7. The van der Waals surface area contributed by atoms with Crippen LogP contribution in [0.15, 0.2) is 24.3 Å². The Hall–Kier alpha value is -1.75. The quantitative estimate of drug-likeness (QED) is 0.872. The molecule has 3 rings (SSSR count). The van der Waals surface area contributed by atoms with Gasteiger partial charge in [0.25, 0.3) is 0 Å². The molecule has 1 unspecified atom stereocenters. The fourth-order valence-corrected chi connectivity index (χ4v) is 3.70. The maximum atomic E-state index is 12.9. The first-order valence-electron chi connectivity index (χ1n) is 9.06. The van der Waals surface area contributed by atoms with Gasteiger partial charge in [0.1, 0.15) is 6.04 Å². The van der Waals surface area contributed by atoms with E-state index in [9.17, 15) is 9.59 Å². The van der Waals surface area contributed by atoms with Gasteiger partial charge in [0.05, 0.1) is 5.54 Å². The van der Waals surface area contributed by atoms with Gasteiger partial charge in [-0.1, -0.05) is 43.5 Å². The number of benzene rings is 1. The predicted octanol–water partition coefficient (Wildman–Crippen LogP) is 3.37. The Bertz CT molecular complexity index is 660. The van der Waals surface area contributed by atoms with Gasteiger partial charge in [-0.05, 0) is 37.0 Å². The predicted molar refractivity (Wildman–Crippen MR) is 98.6 cm³/mol. The second-order valence-electron chi connectivity index (χ2n) is 7.13. The summed E-state index contributed by atoms with van der Waals surface area (Å²) in [6.07, 6.45) is 4.47. The van der Waals surface area contributed by atoms with E-state index in [0.29, 0.717) is 18.1 Å². The lowest BCUT2D eigenvalue weighted by molar-refractivity contribution is -0.138.